The monoisotopic (exact) mass is 268 g/mol. The van der Waals surface area contributed by atoms with E-state index >= 15 is 0 Å². The Morgan fingerprint density at radius 3 is 2.20 bits per heavy atom. The fourth-order valence-corrected chi connectivity index (χ4v) is 1.90. The Labute approximate surface area is 107 Å². The number of nitrogens with one attached hydrogen (secondary N) is 1. The molecular formula is C10H15Cl3N2. The second-order valence-corrected chi connectivity index (χ2v) is 3.92. The summed E-state index contributed by atoms with van der Waals surface area (Å²) in [5, 5.41) is 4.06. The minimum absolute atomic E-state index is 0. The summed E-state index contributed by atoms with van der Waals surface area (Å²) >= 11 is 5.81. The summed E-state index contributed by atoms with van der Waals surface area (Å²) in [6.07, 6.45) is 0. The first-order valence-corrected chi connectivity index (χ1v) is 4.87. The molecule has 0 bridgehead atoms. The number of nitrogens with two attached hydrogens (primary N) is 1. The summed E-state index contributed by atoms with van der Waals surface area (Å²) in [7, 11) is 0. The van der Waals surface area contributed by atoms with Crippen molar-refractivity contribution in [3.8, 4) is 0 Å². The summed E-state index contributed by atoms with van der Waals surface area (Å²) in [4.78, 5) is 0. The molecule has 1 saturated heterocycles. The maximum absolute atomic E-state index is 5.95. The zero-order chi connectivity index (χ0) is 9.26. The van der Waals surface area contributed by atoms with Gasteiger partial charge in [-0.3, -0.25) is 0 Å². The van der Waals surface area contributed by atoms with Crippen LogP contribution in [0, 0.1) is 0 Å². The van der Waals surface area contributed by atoms with Gasteiger partial charge in [-0.1, -0.05) is 23.7 Å². The molecule has 2 nitrogen and oxygen atoms in total. The van der Waals surface area contributed by atoms with Gasteiger partial charge in [0, 0.05) is 30.1 Å². The van der Waals surface area contributed by atoms with E-state index in [1.54, 1.807) is 0 Å². The lowest BCUT2D eigenvalue weighted by Crippen LogP contribution is -2.27. The summed E-state index contributed by atoms with van der Waals surface area (Å²) in [6.45, 7) is 1.89. The number of benzene rings is 1. The molecule has 1 aromatic carbocycles. The van der Waals surface area contributed by atoms with Crippen LogP contribution in [0.3, 0.4) is 0 Å². The van der Waals surface area contributed by atoms with Crippen molar-refractivity contribution in [2.24, 2.45) is 5.73 Å². The predicted octanol–water partition coefficient (Wildman–Crippen LogP) is 2.20. The molecule has 0 saturated carbocycles. The first-order chi connectivity index (χ1) is 6.27. The summed E-state index contributed by atoms with van der Waals surface area (Å²) in [5.41, 5.74) is 7.23. The van der Waals surface area contributed by atoms with Gasteiger partial charge in [0.2, 0.25) is 0 Å². The van der Waals surface area contributed by atoms with Crippen molar-refractivity contribution in [2.45, 2.75) is 12.0 Å². The first kappa shape index (κ1) is 15.0. The molecule has 0 aliphatic carbocycles. The molecule has 1 fully saturated rings. The topological polar surface area (TPSA) is 38.0 Å². The fraction of sp³-hybridized carbons (Fsp3) is 0.400. The average Bonchev–Trinajstić information content (AvgIpc) is 2.53. The molecule has 1 heterocycles. The van der Waals surface area contributed by atoms with Gasteiger partial charge in [-0.2, -0.15) is 0 Å². The molecular weight excluding hydrogens is 254 g/mol. The average molecular weight is 270 g/mol. The summed E-state index contributed by atoms with van der Waals surface area (Å²) in [6, 6.07) is 8.19. The van der Waals surface area contributed by atoms with Gasteiger partial charge in [-0.05, 0) is 17.7 Å². The smallest absolute Gasteiger partial charge is 0.0406 e. The molecule has 2 unspecified atom stereocenters. The fourth-order valence-electron chi connectivity index (χ4n) is 1.77. The lowest BCUT2D eigenvalue weighted by Gasteiger charge is -2.14. The van der Waals surface area contributed by atoms with Gasteiger partial charge in [0.25, 0.3) is 0 Å². The zero-order valence-electron chi connectivity index (χ0n) is 8.15. The van der Waals surface area contributed by atoms with E-state index in [2.05, 4.69) is 17.4 Å². The van der Waals surface area contributed by atoms with Gasteiger partial charge in [0.05, 0.1) is 0 Å². The van der Waals surface area contributed by atoms with Crippen LogP contribution in [-0.4, -0.2) is 19.1 Å². The Kier molecular flexibility index (Phi) is 6.57. The zero-order valence-corrected chi connectivity index (χ0v) is 10.5. The van der Waals surface area contributed by atoms with E-state index in [1.165, 1.54) is 5.56 Å². The molecule has 3 N–H and O–H groups in total. The molecule has 0 aromatic heterocycles. The minimum atomic E-state index is 0. The van der Waals surface area contributed by atoms with Crippen LogP contribution in [-0.2, 0) is 0 Å². The van der Waals surface area contributed by atoms with Gasteiger partial charge in [-0.25, -0.2) is 0 Å². The van der Waals surface area contributed by atoms with Crippen molar-refractivity contribution in [1.29, 1.82) is 0 Å². The highest BCUT2D eigenvalue weighted by Crippen LogP contribution is 2.22. The Morgan fingerprint density at radius 1 is 1.13 bits per heavy atom. The molecule has 1 aliphatic heterocycles. The molecule has 1 aromatic rings. The van der Waals surface area contributed by atoms with Gasteiger partial charge < -0.3 is 11.1 Å². The second kappa shape index (κ2) is 6.56. The van der Waals surface area contributed by atoms with Crippen molar-refractivity contribution in [3.63, 3.8) is 0 Å². The molecule has 0 radical (unpaired) electrons. The number of halogens is 3. The van der Waals surface area contributed by atoms with Crippen molar-refractivity contribution >= 4 is 36.4 Å². The highest BCUT2D eigenvalue weighted by molar-refractivity contribution is 6.30. The number of rotatable bonds is 1. The molecule has 2 rings (SSSR count). The second-order valence-electron chi connectivity index (χ2n) is 3.48. The van der Waals surface area contributed by atoms with Gasteiger partial charge >= 0.3 is 0 Å². The van der Waals surface area contributed by atoms with E-state index in [9.17, 15) is 0 Å². The highest BCUT2D eigenvalue weighted by Gasteiger charge is 2.24. The van der Waals surface area contributed by atoms with Crippen molar-refractivity contribution in [3.05, 3.63) is 34.9 Å². The SMILES string of the molecule is Cl.Cl.NC1CNCC1c1ccc(Cl)cc1. The van der Waals surface area contributed by atoms with Crippen LogP contribution in [0.1, 0.15) is 11.5 Å². The standard InChI is InChI=1S/C10H13ClN2.2ClH/c11-8-3-1-7(2-4-8)9-5-13-6-10(9)12;;/h1-4,9-10,13H,5-6,12H2;2*1H. The summed E-state index contributed by atoms with van der Waals surface area (Å²) in [5.74, 6) is 0.442. The quantitative estimate of drug-likeness (QED) is 0.820. The van der Waals surface area contributed by atoms with Crippen LogP contribution in [0.5, 0.6) is 0 Å². The van der Waals surface area contributed by atoms with Gasteiger partial charge in [-0.15, -0.1) is 24.8 Å². The van der Waals surface area contributed by atoms with E-state index in [4.69, 9.17) is 17.3 Å². The first-order valence-electron chi connectivity index (χ1n) is 4.49. The number of hydrogen-bond donors (Lipinski definition) is 2. The van der Waals surface area contributed by atoms with E-state index in [0.29, 0.717) is 5.92 Å². The lowest BCUT2D eigenvalue weighted by molar-refractivity contribution is 0.653. The Balaban J connectivity index is 0.000000980. The van der Waals surface area contributed by atoms with Crippen LogP contribution < -0.4 is 11.1 Å². The Bertz CT molecular complexity index is 289. The van der Waals surface area contributed by atoms with Crippen LogP contribution in [0.4, 0.5) is 0 Å². The van der Waals surface area contributed by atoms with Crippen molar-refractivity contribution in [2.75, 3.05) is 13.1 Å². The lowest BCUT2D eigenvalue weighted by atomic mass is 9.95. The maximum Gasteiger partial charge on any atom is 0.0406 e. The minimum Gasteiger partial charge on any atom is -0.326 e. The van der Waals surface area contributed by atoms with Crippen LogP contribution in [0.15, 0.2) is 24.3 Å². The van der Waals surface area contributed by atoms with E-state index in [0.717, 1.165) is 18.1 Å². The third-order valence-corrected chi connectivity index (χ3v) is 2.81. The molecule has 0 amide bonds. The largest absolute Gasteiger partial charge is 0.326 e. The predicted molar refractivity (Wildman–Crippen MR) is 69.5 cm³/mol. The Morgan fingerprint density at radius 2 is 1.73 bits per heavy atom. The van der Waals surface area contributed by atoms with Crippen LogP contribution in [0.2, 0.25) is 5.02 Å². The molecule has 2 atom stereocenters. The molecule has 15 heavy (non-hydrogen) atoms. The highest BCUT2D eigenvalue weighted by atomic mass is 35.5. The summed E-state index contributed by atoms with van der Waals surface area (Å²) < 4.78 is 0. The van der Waals surface area contributed by atoms with E-state index in [1.807, 2.05) is 12.1 Å². The normalized spacial score (nSPS) is 24.1. The van der Waals surface area contributed by atoms with E-state index in [-0.39, 0.29) is 30.9 Å². The van der Waals surface area contributed by atoms with Gasteiger partial charge in [0.1, 0.15) is 0 Å². The number of hydrogen-bond acceptors (Lipinski definition) is 2. The maximum atomic E-state index is 5.95. The third-order valence-electron chi connectivity index (χ3n) is 2.56. The van der Waals surface area contributed by atoms with E-state index < -0.39 is 0 Å². The molecule has 0 spiro atoms. The van der Waals surface area contributed by atoms with Crippen molar-refractivity contribution in [1.82, 2.24) is 5.32 Å². The third kappa shape index (κ3) is 3.51. The molecule has 1 aliphatic rings. The molecule has 86 valence electrons. The molecule has 5 heteroatoms. The van der Waals surface area contributed by atoms with Crippen LogP contribution >= 0.6 is 36.4 Å². The van der Waals surface area contributed by atoms with Gasteiger partial charge in [0.15, 0.2) is 0 Å². The van der Waals surface area contributed by atoms with Crippen LogP contribution in [0.25, 0.3) is 0 Å². The van der Waals surface area contributed by atoms with Crippen molar-refractivity contribution < 1.29 is 0 Å². The Hall–Kier alpha value is 0.01000.